The standard InChI is InChI=1S/C33H64N8O7/c1-4-7-8-9-34-10-18-44-19-11-39(12-20-45-24-26-47-30-32-28-40(37-35-32)14-22-42-16-5-2)13-21-46-25-27-48-31-33-29-41(38-36-33)15-23-43-17-6-3/h28-29,34H,4-27,30-31H2,1-3H3. The van der Waals surface area contributed by atoms with Crippen LogP contribution in [0.4, 0.5) is 0 Å². The number of unbranched alkanes of at least 4 members (excludes halogenated alkanes) is 2. The molecule has 2 aromatic heterocycles. The van der Waals surface area contributed by atoms with Gasteiger partial charge in [0, 0.05) is 39.4 Å². The second kappa shape index (κ2) is 30.9. The Morgan fingerprint density at radius 2 is 1.00 bits per heavy atom. The molecule has 0 amide bonds. The van der Waals surface area contributed by atoms with E-state index in [1.54, 1.807) is 9.36 Å². The number of hydrogen-bond donors (Lipinski definition) is 1. The minimum absolute atomic E-state index is 0.409. The number of aromatic nitrogens is 6. The SMILES string of the molecule is CCCCCNCCOCCN(CCOCCOCc1cn(CCOCCC)nn1)CCOCCOCc1cn(CCOCCC)nn1. The van der Waals surface area contributed by atoms with E-state index in [1.807, 2.05) is 12.4 Å². The van der Waals surface area contributed by atoms with E-state index in [2.05, 4.69) is 51.6 Å². The van der Waals surface area contributed by atoms with Gasteiger partial charge in [0.25, 0.3) is 0 Å². The van der Waals surface area contributed by atoms with Gasteiger partial charge in [-0.05, 0) is 25.8 Å². The van der Waals surface area contributed by atoms with Crippen molar-refractivity contribution in [2.45, 2.75) is 79.2 Å². The first-order valence-electron chi connectivity index (χ1n) is 18.0. The molecule has 0 aliphatic heterocycles. The Kier molecular flexibility index (Phi) is 27.1. The Hall–Kier alpha value is -2.08. The molecule has 15 nitrogen and oxygen atoms in total. The second-order valence-corrected chi connectivity index (χ2v) is 11.4. The van der Waals surface area contributed by atoms with Crippen molar-refractivity contribution >= 4 is 0 Å². The topological polar surface area (TPSA) is 141 Å². The second-order valence-electron chi connectivity index (χ2n) is 11.4. The van der Waals surface area contributed by atoms with Gasteiger partial charge in [-0.1, -0.05) is 44.0 Å². The van der Waals surface area contributed by atoms with E-state index in [1.165, 1.54) is 19.3 Å². The van der Waals surface area contributed by atoms with E-state index in [9.17, 15) is 0 Å². The van der Waals surface area contributed by atoms with Crippen molar-refractivity contribution in [2.75, 3.05) is 112 Å². The van der Waals surface area contributed by atoms with Gasteiger partial charge < -0.3 is 38.5 Å². The Morgan fingerprint density at radius 3 is 1.50 bits per heavy atom. The summed E-state index contributed by atoms with van der Waals surface area (Å²) >= 11 is 0. The number of ether oxygens (including phenoxy) is 7. The summed E-state index contributed by atoms with van der Waals surface area (Å²) in [4.78, 5) is 2.31. The lowest BCUT2D eigenvalue weighted by molar-refractivity contribution is 0.0126. The van der Waals surface area contributed by atoms with E-state index in [0.717, 1.165) is 70.2 Å². The average molecular weight is 685 g/mol. The van der Waals surface area contributed by atoms with Gasteiger partial charge in [-0.3, -0.25) is 4.90 Å². The van der Waals surface area contributed by atoms with Gasteiger partial charge in [-0.25, -0.2) is 9.36 Å². The molecule has 0 spiro atoms. The molecule has 1 N–H and O–H groups in total. The molecule has 0 aliphatic rings. The first-order valence-corrected chi connectivity index (χ1v) is 18.0. The van der Waals surface area contributed by atoms with Crippen LogP contribution >= 0.6 is 0 Å². The van der Waals surface area contributed by atoms with E-state index >= 15 is 0 Å². The van der Waals surface area contributed by atoms with Crippen molar-refractivity contribution < 1.29 is 33.2 Å². The minimum atomic E-state index is 0.409. The van der Waals surface area contributed by atoms with Crippen molar-refractivity contribution in [3.05, 3.63) is 23.8 Å². The maximum atomic E-state index is 5.88. The minimum Gasteiger partial charge on any atom is -0.380 e. The number of nitrogens with zero attached hydrogens (tertiary/aromatic N) is 7. The number of nitrogens with one attached hydrogen (secondary N) is 1. The first-order chi connectivity index (χ1) is 23.7. The molecule has 0 unspecified atom stereocenters. The zero-order chi connectivity index (χ0) is 34.2. The highest BCUT2D eigenvalue weighted by atomic mass is 16.5. The van der Waals surface area contributed by atoms with Gasteiger partial charge >= 0.3 is 0 Å². The molecule has 48 heavy (non-hydrogen) atoms. The molecule has 0 aliphatic carbocycles. The maximum absolute atomic E-state index is 5.88. The Morgan fingerprint density at radius 1 is 0.521 bits per heavy atom. The van der Waals surface area contributed by atoms with Crippen LogP contribution in [0.1, 0.15) is 64.3 Å². The largest absolute Gasteiger partial charge is 0.380 e. The van der Waals surface area contributed by atoms with Crippen LogP contribution < -0.4 is 5.32 Å². The summed E-state index contributed by atoms with van der Waals surface area (Å²) in [5, 5.41) is 20.0. The molecule has 0 bridgehead atoms. The quantitative estimate of drug-likeness (QED) is 0.105. The summed E-state index contributed by atoms with van der Waals surface area (Å²) in [5.41, 5.74) is 1.60. The van der Waals surface area contributed by atoms with Crippen molar-refractivity contribution in [3.63, 3.8) is 0 Å². The lowest BCUT2D eigenvalue weighted by Crippen LogP contribution is -2.35. The van der Waals surface area contributed by atoms with Crippen LogP contribution in [0.15, 0.2) is 12.4 Å². The van der Waals surface area contributed by atoms with Crippen molar-refractivity contribution in [2.24, 2.45) is 0 Å². The normalized spacial score (nSPS) is 11.8. The molecule has 2 heterocycles. The maximum Gasteiger partial charge on any atom is 0.108 e. The Bertz CT molecular complexity index is 904. The fourth-order valence-electron chi connectivity index (χ4n) is 4.42. The summed E-state index contributed by atoms with van der Waals surface area (Å²) in [6.07, 6.45) is 9.53. The number of hydrogen-bond acceptors (Lipinski definition) is 13. The lowest BCUT2D eigenvalue weighted by atomic mass is 10.2. The van der Waals surface area contributed by atoms with Crippen LogP contribution in [0.25, 0.3) is 0 Å². The van der Waals surface area contributed by atoms with Crippen LogP contribution in [0.3, 0.4) is 0 Å². The molecule has 0 saturated carbocycles. The summed E-state index contributed by atoms with van der Waals surface area (Å²) < 4.78 is 43.6. The van der Waals surface area contributed by atoms with Crippen LogP contribution in [-0.2, 0) is 59.5 Å². The van der Waals surface area contributed by atoms with E-state index < -0.39 is 0 Å². The molecule has 2 rings (SSSR count). The Labute approximate surface area is 288 Å². The molecule has 15 heteroatoms. The van der Waals surface area contributed by atoms with Crippen molar-refractivity contribution in [1.82, 2.24) is 40.2 Å². The van der Waals surface area contributed by atoms with Gasteiger partial charge in [0.2, 0.25) is 0 Å². The van der Waals surface area contributed by atoms with Crippen LogP contribution in [0.5, 0.6) is 0 Å². The molecule has 0 aromatic carbocycles. The van der Waals surface area contributed by atoms with Crippen molar-refractivity contribution in [3.8, 4) is 0 Å². The molecular formula is C33H64N8O7. The predicted octanol–water partition coefficient (Wildman–Crippen LogP) is 2.59. The molecule has 0 fully saturated rings. The van der Waals surface area contributed by atoms with Crippen molar-refractivity contribution in [1.29, 1.82) is 0 Å². The van der Waals surface area contributed by atoms with Gasteiger partial charge in [0.1, 0.15) is 11.4 Å². The first kappa shape index (κ1) is 42.1. The third-order valence-electron chi connectivity index (χ3n) is 7.08. The third kappa shape index (κ3) is 23.3. The fourth-order valence-corrected chi connectivity index (χ4v) is 4.42. The molecule has 2 aromatic rings. The number of rotatable bonds is 36. The van der Waals surface area contributed by atoms with Gasteiger partial charge in [-0.2, -0.15) is 0 Å². The highest BCUT2D eigenvalue weighted by molar-refractivity contribution is 4.90. The van der Waals surface area contributed by atoms with Crippen LogP contribution in [0, 0.1) is 0 Å². The lowest BCUT2D eigenvalue weighted by Gasteiger charge is -2.22. The van der Waals surface area contributed by atoms with Gasteiger partial charge in [-0.15, -0.1) is 10.2 Å². The van der Waals surface area contributed by atoms with Gasteiger partial charge in [0.05, 0.1) is 105 Å². The monoisotopic (exact) mass is 684 g/mol. The summed E-state index contributed by atoms with van der Waals surface area (Å²) in [5.74, 6) is 0. The molecule has 0 saturated heterocycles. The predicted molar refractivity (Wildman–Crippen MR) is 183 cm³/mol. The zero-order valence-electron chi connectivity index (χ0n) is 30.0. The highest BCUT2D eigenvalue weighted by Crippen LogP contribution is 1.99. The van der Waals surface area contributed by atoms with Crippen LogP contribution in [-0.4, -0.2) is 147 Å². The van der Waals surface area contributed by atoms with E-state index in [0.29, 0.717) is 92.4 Å². The average Bonchev–Trinajstić information content (AvgIpc) is 3.76. The van der Waals surface area contributed by atoms with E-state index in [4.69, 9.17) is 33.2 Å². The molecule has 0 radical (unpaired) electrons. The Balaban J connectivity index is 1.56. The fraction of sp³-hybridized carbons (Fsp3) is 0.879. The summed E-state index contributed by atoms with van der Waals surface area (Å²) in [6.45, 7) is 20.3. The van der Waals surface area contributed by atoms with E-state index in [-0.39, 0.29) is 0 Å². The third-order valence-corrected chi connectivity index (χ3v) is 7.08. The zero-order valence-corrected chi connectivity index (χ0v) is 30.0. The highest BCUT2D eigenvalue weighted by Gasteiger charge is 2.07. The summed E-state index contributed by atoms with van der Waals surface area (Å²) in [6, 6.07) is 0. The van der Waals surface area contributed by atoms with Crippen LogP contribution in [0.2, 0.25) is 0 Å². The molecule has 0 atom stereocenters. The van der Waals surface area contributed by atoms with Gasteiger partial charge in [0.15, 0.2) is 0 Å². The summed E-state index contributed by atoms with van der Waals surface area (Å²) in [7, 11) is 0. The molecule has 278 valence electrons. The molecular weight excluding hydrogens is 620 g/mol. The smallest absolute Gasteiger partial charge is 0.108 e.